The maximum atomic E-state index is 5.11. The fourth-order valence-electron chi connectivity index (χ4n) is 3.52. The lowest BCUT2D eigenvalue weighted by molar-refractivity contribution is 0.192. The number of aromatic nitrogens is 3. The average molecular weight is 404 g/mol. The summed E-state index contributed by atoms with van der Waals surface area (Å²) < 4.78 is 5.11. The lowest BCUT2D eigenvalue weighted by Crippen LogP contribution is -1.96. The van der Waals surface area contributed by atoms with E-state index in [0.29, 0.717) is 0 Å². The second-order valence-electron chi connectivity index (χ2n) is 7.76. The molecule has 0 atom stereocenters. The van der Waals surface area contributed by atoms with Crippen molar-refractivity contribution in [3.63, 3.8) is 0 Å². The van der Waals surface area contributed by atoms with Gasteiger partial charge in [-0.2, -0.15) is 0 Å². The van der Waals surface area contributed by atoms with Crippen LogP contribution in [0.5, 0.6) is 0 Å². The maximum Gasteiger partial charge on any atom is 0.159 e. The third-order valence-corrected chi connectivity index (χ3v) is 5.33. The van der Waals surface area contributed by atoms with E-state index in [1.165, 1.54) is 24.8 Å². The Morgan fingerprint density at radius 1 is 0.767 bits per heavy atom. The molecule has 4 nitrogen and oxygen atoms in total. The minimum Gasteiger partial charge on any atom is -0.385 e. The third kappa shape index (κ3) is 6.74. The van der Waals surface area contributed by atoms with Crippen LogP contribution in [0.15, 0.2) is 54.9 Å². The molecule has 0 fully saturated rings. The van der Waals surface area contributed by atoms with E-state index in [0.717, 1.165) is 67.1 Å². The molecule has 30 heavy (non-hydrogen) atoms. The first-order chi connectivity index (χ1) is 14.8. The van der Waals surface area contributed by atoms with Crippen LogP contribution in [0, 0.1) is 0 Å². The Kier molecular flexibility index (Phi) is 8.98. The molecule has 2 aromatic heterocycles. The Hall–Kier alpha value is -2.59. The zero-order valence-corrected chi connectivity index (χ0v) is 18.3. The van der Waals surface area contributed by atoms with E-state index in [1.54, 1.807) is 7.11 Å². The first-order valence-corrected chi connectivity index (χ1v) is 11.2. The van der Waals surface area contributed by atoms with Crippen LogP contribution in [0.25, 0.3) is 22.6 Å². The largest absolute Gasteiger partial charge is 0.385 e. The average Bonchev–Trinajstić information content (AvgIpc) is 2.80. The Labute approximate surface area is 180 Å². The second-order valence-corrected chi connectivity index (χ2v) is 7.76. The molecule has 3 rings (SSSR count). The molecule has 0 unspecified atom stereocenters. The number of hydrogen-bond donors (Lipinski definition) is 0. The summed E-state index contributed by atoms with van der Waals surface area (Å²) in [6.07, 6.45) is 13.1. The molecular formula is C26H33N3O. The van der Waals surface area contributed by atoms with Gasteiger partial charge >= 0.3 is 0 Å². The summed E-state index contributed by atoms with van der Waals surface area (Å²) in [7, 11) is 1.75. The molecule has 0 saturated carbocycles. The molecule has 3 aromatic rings. The molecule has 0 aliphatic rings. The minimum atomic E-state index is 0.787. The number of hydrogen-bond acceptors (Lipinski definition) is 4. The Morgan fingerprint density at radius 3 is 2.30 bits per heavy atom. The van der Waals surface area contributed by atoms with Crippen molar-refractivity contribution in [2.24, 2.45) is 0 Å². The van der Waals surface area contributed by atoms with Gasteiger partial charge in [-0.3, -0.25) is 4.98 Å². The monoisotopic (exact) mass is 403 g/mol. The quantitative estimate of drug-likeness (QED) is 0.333. The van der Waals surface area contributed by atoms with Crippen LogP contribution in [0.4, 0.5) is 0 Å². The first kappa shape index (κ1) is 22.1. The van der Waals surface area contributed by atoms with Crippen LogP contribution in [0.1, 0.15) is 56.7 Å². The summed E-state index contributed by atoms with van der Waals surface area (Å²) in [5.41, 5.74) is 5.58. The Bertz CT molecular complexity index is 876. The smallest absolute Gasteiger partial charge is 0.159 e. The van der Waals surface area contributed by atoms with Gasteiger partial charge in [0, 0.05) is 42.9 Å². The fraction of sp³-hybridized carbons (Fsp3) is 0.423. The molecule has 0 saturated heterocycles. The van der Waals surface area contributed by atoms with E-state index in [2.05, 4.69) is 53.3 Å². The van der Waals surface area contributed by atoms with Crippen molar-refractivity contribution in [2.75, 3.05) is 13.7 Å². The molecule has 0 N–H and O–H groups in total. The normalized spacial score (nSPS) is 11.0. The zero-order chi connectivity index (χ0) is 21.0. The van der Waals surface area contributed by atoms with E-state index in [9.17, 15) is 0 Å². The molecule has 4 heteroatoms. The van der Waals surface area contributed by atoms with Crippen LogP contribution < -0.4 is 0 Å². The van der Waals surface area contributed by atoms with Crippen molar-refractivity contribution < 1.29 is 4.74 Å². The van der Waals surface area contributed by atoms with Gasteiger partial charge in [-0.15, -0.1) is 0 Å². The van der Waals surface area contributed by atoms with E-state index in [1.807, 2.05) is 18.5 Å². The highest BCUT2D eigenvalue weighted by atomic mass is 16.5. The van der Waals surface area contributed by atoms with Crippen molar-refractivity contribution in [3.05, 3.63) is 66.1 Å². The van der Waals surface area contributed by atoms with Crippen molar-refractivity contribution in [3.8, 4) is 22.6 Å². The topological polar surface area (TPSA) is 47.9 Å². The fourth-order valence-corrected chi connectivity index (χ4v) is 3.52. The van der Waals surface area contributed by atoms with Gasteiger partial charge in [0.05, 0.1) is 5.69 Å². The molecule has 158 valence electrons. The van der Waals surface area contributed by atoms with Gasteiger partial charge < -0.3 is 4.74 Å². The van der Waals surface area contributed by atoms with E-state index >= 15 is 0 Å². The van der Waals surface area contributed by atoms with E-state index in [-0.39, 0.29) is 0 Å². The van der Waals surface area contributed by atoms with Gasteiger partial charge in [0.2, 0.25) is 0 Å². The molecule has 2 heterocycles. The van der Waals surface area contributed by atoms with Crippen molar-refractivity contribution in [2.45, 2.75) is 58.3 Å². The van der Waals surface area contributed by atoms with Gasteiger partial charge in [0.15, 0.2) is 5.82 Å². The summed E-state index contributed by atoms with van der Waals surface area (Å²) in [4.78, 5) is 13.9. The molecule has 0 bridgehead atoms. The highest BCUT2D eigenvalue weighted by Crippen LogP contribution is 2.22. The summed E-state index contributed by atoms with van der Waals surface area (Å²) >= 11 is 0. The number of unbranched alkanes of at least 4 members (excludes halogenated alkanes) is 4. The number of methoxy groups -OCH3 is 1. The highest BCUT2D eigenvalue weighted by Gasteiger charge is 2.05. The van der Waals surface area contributed by atoms with Gasteiger partial charge in [-0.1, -0.05) is 56.5 Å². The van der Waals surface area contributed by atoms with Crippen molar-refractivity contribution in [1.29, 1.82) is 0 Å². The lowest BCUT2D eigenvalue weighted by Gasteiger charge is -2.06. The van der Waals surface area contributed by atoms with Gasteiger partial charge in [0.1, 0.15) is 0 Å². The summed E-state index contributed by atoms with van der Waals surface area (Å²) in [6.45, 7) is 3.06. The van der Waals surface area contributed by atoms with Crippen molar-refractivity contribution in [1.82, 2.24) is 15.0 Å². The predicted molar refractivity (Wildman–Crippen MR) is 123 cm³/mol. The minimum absolute atomic E-state index is 0.787. The predicted octanol–water partition coefficient (Wildman–Crippen LogP) is 6.30. The van der Waals surface area contributed by atoms with Gasteiger partial charge in [-0.25, -0.2) is 9.97 Å². The number of rotatable bonds is 12. The number of ether oxygens (including phenoxy) is 1. The second kappa shape index (κ2) is 12.2. The van der Waals surface area contributed by atoms with Gasteiger partial charge in [-0.05, 0) is 49.8 Å². The van der Waals surface area contributed by atoms with Crippen LogP contribution in [-0.2, 0) is 17.6 Å². The number of benzene rings is 1. The van der Waals surface area contributed by atoms with Crippen LogP contribution >= 0.6 is 0 Å². The SMILES string of the molecule is CCCCCc1ccc(-c2ccc(-c3nccc(CCCCCOC)n3)cc2)nc1. The van der Waals surface area contributed by atoms with Crippen LogP contribution in [-0.4, -0.2) is 28.7 Å². The molecule has 1 aromatic carbocycles. The molecule has 0 radical (unpaired) electrons. The zero-order valence-electron chi connectivity index (χ0n) is 18.3. The number of nitrogens with zero attached hydrogens (tertiary/aromatic N) is 3. The Morgan fingerprint density at radius 2 is 1.57 bits per heavy atom. The number of aryl methyl sites for hydroxylation is 2. The van der Waals surface area contributed by atoms with E-state index < -0.39 is 0 Å². The van der Waals surface area contributed by atoms with Crippen LogP contribution in [0.3, 0.4) is 0 Å². The Balaban J connectivity index is 1.60. The molecule has 0 aliphatic heterocycles. The lowest BCUT2D eigenvalue weighted by atomic mass is 10.1. The summed E-state index contributed by atoms with van der Waals surface area (Å²) in [6, 6.07) is 14.7. The van der Waals surface area contributed by atoms with E-state index in [4.69, 9.17) is 9.72 Å². The molecular weight excluding hydrogens is 370 g/mol. The molecule has 0 spiro atoms. The standard InChI is InChI=1S/C26H33N3O/c1-3-4-6-9-21-11-16-25(28-20-21)22-12-14-23(15-13-22)26-27-18-17-24(29-26)10-7-5-8-19-30-2/h11-18,20H,3-10,19H2,1-2H3. The van der Waals surface area contributed by atoms with Gasteiger partial charge in [0.25, 0.3) is 0 Å². The first-order valence-electron chi connectivity index (χ1n) is 11.2. The van der Waals surface area contributed by atoms with Crippen LogP contribution in [0.2, 0.25) is 0 Å². The number of pyridine rings is 1. The highest BCUT2D eigenvalue weighted by molar-refractivity contribution is 5.65. The molecule has 0 aliphatic carbocycles. The molecule has 0 amide bonds. The third-order valence-electron chi connectivity index (χ3n) is 5.33. The summed E-state index contributed by atoms with van der Waals surface area (Å²) in [5.74, 6) is 0.787. The summed E-state index contributed by atoms with van der Waals surface area (Å²) in [5, 5.41) is 0. The maximum absolute atomic E-state index is 5.11. The van der Waals surface area contributed by atoms with Crippen molar-refractivity contribution >= 4 is 0 Å².